The summed E-state index contributed by atoms with van der Waals surface area (Å²) in [5, 5.41) is 6.13. The van der Waals surface area contributed by atoms with Crippen molar-refractivity contribution in [3.05, 3.63) is 77.4 Å². The average molecular weight is 693 g/mol. The zero-order valence-corrected chi connectivity index (χ0v) is 31.3. The van der Waals surface area contributed by atoms with Gasteiger partial charge in [0, 0.05) is 57.8 Å². The highest BCUT2D eigenvalue weighted by Crippen LogP contribution is 2.36. The van der Waals surface area contributed by atoms with Gasteiger partial charge in [-0.1, -0.05) is 57.2 Å². The molecule has 2 aromatic rings. The Balaban J connectivity index is 0.000000843. The van der Waals surface area contributed by atoms with Crippen molar-refractivity contribution in [2.45, 2.75) is 59.3 Å². The fraction of sp³-hybridized carbons (Fsp3) is 0.525. The number of nitrogens with one attached hydrogen (secondary N) is 2. The van der Waals surface area contributed by atoms with E-state index in [1.807, 2.05) is 57.0 Å². The molecule has 2 aliphatic heterocycles. The van der Waals surface area contributed by atoms with Gasteiger partial charge in [-0.05, 0) is 68.0 Å². The molecule has 0 saturated carbocycles. The van der Waals surface area contributed by atoms with Crippen molar-refractivity contribution < 1.29 is 28.6 Å². The lowest BCUT2D eigenvalue weighted by Crippen LogP contribution is -2.40. The highest BCUT2D eigenvalue weighted by atomic mass is 16.5. The highest BCUT2D eigenvalue weighted by molar-refractivity contribution is 6.41. The van der Waals surface area contributed by atoms with Gasteiger partial charge in [0.15, 0.2) is 0 Å². The average Bonchev–Trinajstić information content (AvgIpc) is 3.13. The maximum atomic E-state index is 13.3. The van der Waals surface area contributed by atoms with Gasteiger partial charge in [0.25, 0.3) is 5.91 Å². The van der Waals surface area contributed by atoms with E-state index in [0.29, 0.717) is 36.8 Å². The summed E-state index contributed by atoms with van der Waals surface area (Å²) < 4.78 is 17.5. The Morgan fingerprint density at radius 2 is 1.74 bits per heavy atom. The van der Waals surface area contributed by atoms with Crippen molar-refractivity contribution in [1.29, 1.82) is 0 Å². The van der Waals surface area contributed by atoms with Crippen LogP contribution >= 0.6 is 0 Å². The predicted molar refractivity (Wildman–Crippen MR) is 203 cm³/mol. The topological polar surface area (TPSA) is 109 Å². The molecule has 50 heavy (non-hydrogen) atoms. The standard InChI is InChI=1S/C34H46N2O5.C5H12N2.CH2O/c1-7-10-15-31(41-21-18-36-16-19-39-20-17-36)28-14-12-11-13-26(28)23-30(37)33(38)35-29-24-27(34(5,6)8-2)22-25(4)32(29)40-9-3;1-7-4-2-6-3-5-7;1-2/h7,11-15,22,24H,1,8-10,16-21,23H2,2-6H3,(H,35,38);6H,2-5H2,1H3;1H2/b31-15+;;. The van der Waals surface area contributed by atoms with E-state index in [1.54, 1.807) is 6.08 Å². The van der Waals surface area contributed by atoms with Gasteiger partial charge in [-0.2, -0.15) is 0 Å². The van der Waals surface area contributed by atoms with E-state index in [2.05, 4.69) is 60.9 Å². The van der Waals surface area contributed by atoms with Gasteiger partial charge in [-0.3, -0.25) is 14.5 Å². The van der Waals surface area contributed by atoms with Crippen molar-refractivity contribution in [3.8, 4) is 5.75 Å². The molecule has 1 amide bonds. The Morgan fingerprint density at radius 3 is 2.34 bits per heavy atom. The number of piperazine rings is 1. The Kier molecular flexibility index (Phi) is 19.3. The molecule has 2 aliphatic rings. The summed E-state index contributed by atoms with van der Waals surface area (Å²) in [5.41, 5.74) is 3.97. The summed E-state index contributed by atoms with van der Waals surface area (Å²) in [7, 11) is 2.15. The molecule has 2 saturated heterocycles. The predicted octanol–water partition coefficient (Wildman–Crippen LogP) is 5.43. The molecule has 0 unspecified atom stereocenters. The van der Waals surface area contributed by atoms with Crippen LogP contribution in [0.1, 0.15) is 62.8 Å². The fourth-order valence-corrected chi connectivity index (χ4v) is 5.48. The van der Waals surface area contributed by atoms with Crippen molar-refractivity contribution in [2.24, 2.45) is 0 Å². The molecule has 2 aromatic carbocycles. The summed E-state index contributed by atoms with van der Waals surface area (Å²) >= 11 is 0. The van der Waals surface area contributed by atoms with E-state index in [1.165, 1.54) is 13.1 Å². The minimum atomic E-state index is -0.670. The number of hydrogen-bond donors (Lipinski definition) is 2. The molecule has 0 atom stereocenters. The van der Waals surface area contributed by atoms with Gasteiger partial charge in [0.05, 0.1) is 25.5 Å². The van der Waals surface area contributed by atoms with Crippen LogP contribution in [0.4, 0.5) is 5.69 Å². The lowest BCUT2D eigenvalue weighted by atomic mass is 9.81. The number of nitrogens with zero attached hydrogens (tertiary/aromatic N) is 2. The second-order valence-corrected chi connectivity index (χ2v) is 13.0. The number of hydrogen-bond acceptors (Lipinski definition) is 9. The van der Waals surface area contributed by atoms with Crippen LogP contribution in [-0.4, -0.2) is 108 Å². The second-order valence-electron chi connectivity index (χ2n) is 13.0. The van der Waals surface area contributed by atoms with E-state index in [0.717, 1.165) is 74.6 Å². The molecule has 2 fully saturated rings. The number of amides is 1. The molecule has 0 aromatic heterocycles. The third kappa shape index (κ3) is 13.8. The van der Waals surface area contributed by atoms with Gasteiger partial charge in [-0.25, -0.2) is 0 Å². The van der Waals surface area contributed by atoms with Crippen LogP contribution in [0.25, 0.3) is 5.76 Å². The fourth-order valence-electron chi connectivity index (χ4n) is 5.48. The number of ketones is 1. The molecular weight excluding hydrogens is 632 g/mol. The summed E-state index contributed by atoms with van der Waals surface area (Å²) in [4.78, 5) is 39.1. The second kappa shape index (κ2) is 22.8. The molecule has 10 heteroatoms. The molecule has 0 bridgehead atoms. The number of carbonyl (C=O) groups excluding carboxylic acids is 3. The Bertz CT molecular complexity index is 1380. The van der Waals surface area contributed by atoms with Crippen LogP contribution in [-0.2, 0) is 35.7 Å². The zero-order valence-electron chi connectivity index (χ0n) is 31.3. The van der Waals surface area contributed by atoms with Gasteiger partial charge in [0.1, 0.15) is 24.9 Å². The van der Waals surface area contributed by atoms with Crippen LogP contribution in [0.5, 0.6) is 5.75 Å². The molecule has 2 heterocycles. The largest absolute Gasteiger partial charge is 0.492 e. The Morgan fingerprint density at radius 1 is 1.06 bits per heavy atom. The number of aryl methyl sites for hydroxylation is 1. The van der Waals surface area contributed by atoms with E-state index >= 15 is 0 Å². The van der Waals surface area contributed by atoms with Crippen molar-refractivity contribution >= 4 is 29.9 Å². The highest BCUT2D eigenvalue weighted by Gasteiger charge is 2.24. The molecule has 4 rings (SSSR count). The third-order valence-corrected chi connectivity index (χ3v) is 8.94. The maximum Gasteiger partial charge on any atom is 0.292 e. The number of rotatable bonds is 15. The monoisotopic (exact) mass is 692 g/mol. The number of allylic oxidation sites excluding steroid dienone is 2. The number of ether oxygens (including phenoxy) is 3. The van der Waals surface area contributed by atoms with Crippen molar-refractivity contribution in [3.63, 3.8) is 0 Å². The minimum Gasteiger partial charge on any atom is -0.492 e. The quantitative estimate of drug-likeness (QED) is 0.143. The first-order chi connectivity index (χ1) is 24.1. The van der Waals surface area contributed by atoms with E-state index in [9.17, 15) is 9.59 Å². The van der Waals surface area contributed by atoms with E-state index in [-0.39, 0.29) is 11.8 Å². The number of Topliss-reactive ketones (excluding diaryl/α,β-unsaturated/α-hetero) is 1. The van der Waals surface area contributed by atoms with Crippen LogP contribution in [0.3, 0.4) is 0 Å². The molecule has 0 radical (unpaired) electrons. The molecule has 10 nitrogen and oxygen atoms in total. The summed E-state index contributed by atoms with van der Waals surface area (Å²) in [5.74, 6) is 0.0734. The number of anilines is 1. The van der Waals surface area contributed by atoms with Gasteiger partial charge >= 0.3 is 0 Å². The van der Waals surface area contributed by atoms with Crippen LogP contribution in [0.2, 0.25) is 0 Å². The van der Waals surface area contributed by atoms with E-state index in [4.69, 9.17) is 19.0 Å². The van der Waals surface area contributed by atoms with Crippen LogP contribution in [0, 0.1) is 6.92 Å². The first-order valence-corrected chi connectivity index (χ1v) is 17.7. The summed E-state index contributed by atoms with van der Waals surface area (Å²) in [6.45, 7) is 25.9. The minimum absolute atomic E-state index is 0.0522. The van der Waals surface area contributed by atoms with Crippen molar-refractivity contribution in [2.75, 3.05) is 84.6 Å². The molecule has 0 spiro atoms. The first kappa shape index (κ1) is 42.3. The lowest BCUT2D eigenvalue weighted by Gasteiger charge is -2.26. The summed E-state index contributed by atoms with van der Waals surface area (Å²) in [6, 6.07) is 11.6. The first-order valence-electron chi connectivity index (χ1n) is 17.7. The van der Waals surface area contributed by atoms with Crippen molar-refractivity contribution in [1.82, 2.24) is 15.1 Å². The maximum absolute atomic E-state index is 13.3. The zero-order chi connectivity index (χ0) is 36.9. The SMILES string of the molecule is C=CC/C=C(/OCCN1CCOCC1)c1ccccc1CC(=O)C(=O)Nc1cc(C(C)(C)CC)cc(C)c1OCC.C=O.CN1CCNCC1. The van der Waals surface area contributed by atoms with Crippen LogP contribution < -0.4 is 15.4 Å². The number of morpholine rings is 1. The van der Waals surface area contributed by atoms with Gasteiger partial charge < -0.3 is 34.5 Å². The number of benzene rings is 2. The normalized spacial score (nSPS) is 15.4. The smallest absolute Gasteiger partial charge is 0.292 e. The molecule has 276 valence electrons. The third-order valence-electron chi connectivity index (χ3n) is 8.94. The summed E-state index contributed by atoms with van der Waals surface area (Å²) in [6.07, 6.45) is 5.27. The Labute approximate surface area is 300 Å². The van der Waals surface area contributed by atoms with Gasteiger partial charge in [-0.15, -0.1) is 6.58 Å². The van der Waals surface area contributed by atoms with E-state index < -0.39 is 11.7 Å². The molecular formula is C40H60N4O6. The molecule has 0 aliphatic carbocycles. The number of likely N-dealkylation sites (N-methyl/N-ethyl adjacent to an activating group) is 1. The van der Waals surface area contributed by atoms with Gasteiger partial charge in [0.2, 0.25) is 5.78 Å². The Hall–Kier alpha value is -3.83. The lowest BCUT2D eigenvalue weighted by molar-refractivity contribution is -0.134. The number of carbonyl (C=O) groups is 3. The molecule has 2 N–H and O–H groups in total. The van der Waals surface area contributed by atoms with Crippen LogP contribution in [0.15, 0.2) is 55.1 Å².